The van der Waals surface area contributed by atoms with Gasteiger partial charge in [-0.1, -0.05) is 13.0 Å². The number of rotatable bonds is 2. The number of pyridine rings is 1. The lowest BCUT2D eigenvalue weighted by Gasteiger charge is -2.36. The molecule has 2 N–H and O–H groups in total. The molecule has 0 bridgehead atoms. The van der Waals surface area contributed by atoms with Crippen molar-refractivity contribution in [1.29, 1.82) is 0 Å². The number of nitrogens with two attached hydrogens (primary N) is 1. The van der Waals surface area contributed by atoms with E-state index in [9.17, 15) is 8.42 Å². The molecule has 0 spiro atoms. The fraction of sp³-hybridized carbons (Fsp3) is 0.462. The number of imidazole rings is 1. The molecule has 3 rings (SSSR count). The number of thioether (sulfide) groups is 1. The quantitative estimate of drug-likeness (QED) is 0.903. The Balaban J connectivity index is 2.14. The molecular weight excluding hydrogens is 308 g/mol. The number of nitrogens with zero attached hydrogens (tertiary/aromatic N) is 3. The van der Waals surface area contributed by atoms with Crippen LogP contribution in [0.4, 0.5) is 5.82 Å². The van der Waals surface area contributed by atoms with E-state index in [1.807, 2.05) is 6.92 Å². The second-order valence-corrected chi connectivity index (χ2v) is 8.45. The summed E-state index contributed by atoms with van der Waals surface area (Å²) in [6.07, 6.45) is 1.68. The minimum Gasteiger partial charge on any atom is -0.381 e. The topological polar surface area (TPSA) is 80.7 Å². The van der Waals surface area contributed by atoms with Gasteiger partial charge in [-0.15, -0.1) is 0 Å². The van der Waals surface area contributed by atoms with Crippen molar-refractivity contribution in [2.24, 2.45) is 0 Å². The van der Waals surface area contributed by atoms with Gasteiger partial charge in [-0.25, -0.2) is 13.4 Å². The standard InChI is InChI=1S/C13H18N4O2S2/c1-9-10(2)20-8-7-17(9)21(18,19)13-12(14)15-11-5-3-4-6-16(11)13/h3-6,9-10H,7-8,14H2,1-2H3. The molecule has 0 amide bonds. The Hall–Kier alpha value is -1.25. The van der Waals surface area contributed by atoms with Gasteiger partial charge in [-0.2, -0.15) is 16.1 Å². The normalized spacial score (nSPS) is 24.5. The van der Waals surface area contributed by atoms with Gasteiger partial charge in [0.15, 0.2) is 10.8 Å². The zero-order chi connectivity index (χ0) is 15.2. The molecule has 1 saturated heterocycles. The number of sulfonamides is 1. The highest BCUT2D eigenvalue weighted by molar-refractivity contribution is 8.00. The second kappa shape index (κ2) is 5.19. The lowest BCUT2D eigenvalue weighted by molar-refractivity contribution is 0.339. The van der Waals surface area contributed by atoms with Crippen LogP contribution in [0.25, 0.3) is 5.65 Å². The van der Waals surface area contributed by atoms with Gasteiger partial charge in [0.1, 0.15) is 5.65 Å². The number of anilines is 1. The van der Waals surface area contributed by atoms with Crippen molar-refractivity contribution in [2.45, 2.75) is 30.2 Å². The molecule has 21 heavy (non-hydrogen) atoms. The zero-order valence-electron chi connectivity index (χ0n) is 11.9. The van der Waals surface area contributed by atoms with Gasteiger partial charge in [0.25, 0.3) is 10.0 Å². The molecule has 0 aliphatic carbocycles. The van der Waals surface area contributed by atoms with E-state index >= 15 is 0 Å². The van der Waals surface area contributed by atoms with Gasteiger partial charge in [0.05, 0.1) is 0 Å². The van der Waals surface area contributed by atoms with Crippen molar-refractivity contribution >= 4 is 33.3 Å². The van der Waals surface area contributed by atoms with Crippen LogP contribution in [0, 0.1) is 0 Å². The molecule has 2 atom stereocenters. The monoisotopic (exact) mass is 326 g/mol. The molecule has 8 heteroatoms. The molecular formula is C13H18N4O2S2. The number of fused-ring (bicyclic) bond motifs is 1. The summed E-state index contributed by atoms with van der Waals surface area (Å²) >= 11 is 1.79. The smallest absolute Gasteiger partial charge is 0.263 e. The van der Waals surface area contributed by atoms with Gasteiger partial charge in [-0.3, -0.25) is 4.40 Å². The maximum Gasteiger partial charge on any atom is 0.263 e. The Bertz CT molecular complexity index is 772. The third-order valence-electron chi connectivity index (χ3n) is 3.89. The predicted molar refractivity (Wildman–Crippen MR) is 84.9 cm³/mol. The van der Waals surface area contributed by atoms with Crippen molar-refractivity contribution in [2.75, 3.05) is 18.0 Å². The summed E-state index contributed by atoms with van der Waals surface area (Å²) in [5.74, 6) is 0.848. The summed E-state index contributed by atoms with van der Waals surface area (Å²) in [6.45, 7) is 4.49. The van der Waals surface area contributed by atoms with E-state index in [0.29, 0.717) is 12.2 Å². The molecule has 114 valence electrons. The Morgan fingerprint density at radius 2 is 2.14 bits per heavy atom. The third-order valence-corrected chi connectivity index (χ3v) is 7.26. The minimum atomic E-state index is -3.66. The molecule has 1 fully saturated rings. The maximum absolute atomic E-state index is 13.0. The van der Waals surface area contributed by atoms with E-state index in [-0.39, 0.29) is 22.1 Å². The first-order valence-electron chi connectivity index (χ1n) is 6.79. The number of hydrogen-bond acceptors (Lipinski definition) is 5. The van der Waals surface area contributed by atoms with Gasteiger partial charge < -0.3 is 5.73 Å². The van der Waals surface area contributed by atoms with Crippen molar-refractivity contribution < 1.29 is 8.42 Å². The molecule has 1 aliphatic heterocycles. The van der Waals surface area contributed by atoms with Crippen LogP contribution in [0.15, 0.2) is 29.4 Å². The molecule has 0 aromatic carbocycles. The highest BCUT2D eigenvalue weighted by atomic mass is 32.2. The van der Waals surface area contributed by atoms with Crippen LogP contribution in [0.5, 0.6) is 0 Å². The van der Waals surface area contributed by atoms with Gasteiger partial charge in [0.2, 0.25) is 0 Å². The van der Waals surface area contributed by atoms with Crippen molar-refractivity contribution in [3.05, 3.63) is 24.4 Å². The zero-order valence-corrected chi connectivity index (χ0v) is 13.6. The van der Waals surface area contributed by atoms with Gasteiger partial charge in [0, 0.05) is 29.8 Å². The second-order valence-electron chi connectivity index (χ2n) is 5.16. The molecule has 0 radical (unpaired) electrons. The number of nitrogen functional groups attached to an aromatic ring is 1. The minimum absolute atomic E-state index is 0.0549. The summed E-state index contributed by atoms with van der Waals surface area (Å²) in [5, 5.41) is 0.331. The first-order valence-corrected chi connectivity index (χ1v) is 9.28. The predicted octanol–water partition coefficient (Wildman–Crippen LogP) is 1.43. The van der Waals surface area contributed by atoms with E-state index in [1.165, 1.54) is 0 Å². The molecule has 3 heterocycles. The Morgan fingerprint density at radius 1 is 1.38 bits per heavy atom. The lowest BCUT2D eigenvalue weighted by Crippen LogP contribution is -2.48. The maximum atomic E-state index is 13.0. The SMILES string of the molecule is CC1SCCN(S(=O)(=O)c2c(N)nc3ccccn23)C1C. The highest BCUT2D eigenvalue weighted by Crippen LogP contribution is 2.31. The molecule has 2 aromatic heterocycles. The number of hydrogen-bond donors (Lipinski definition) is 1. The van der Waals surface area contributed by atoms with Gasteiger partial charge in [-0.05, 0) is 19.1 Å². The summed E-state index contributed by atoms with van der Waals surface area (Å²) in [7, 11) is -3.66. The average Bonchev–Trinajstić information content (AvgIpc) is 2.78. The molecule has 6 nitrogen and oxygen atoms in total. The summed E-state index contributed by atoms with van der Waals surface area (Å²) in [5.41, 5.74) is 6.43. The van der Waals surface area contributed by atoms with Crippen LogP contribution in [0.3, 0.4) is 0 Å². The Kier molecular flexibility index (Phi) is 3.62. The molecule has 1 aliphatic rings. The first kappa shape index (κ1) is 14.7. The Labute approximate surface area is 128 Å². The fourth-order valence-corrected chi connectivity index (χ4v) is 5.78. The van der Waals surface area contributed by atoms with Crippen LogP contribution >= 0.6 is 11.8 Å². The lowest BCUT2D eigenvalue weighted by atomic mass is 10.2. The van der Waals surface area contributed by atoms with Crippen molar-refractivity contribution in [3.63, 3.8) is 0 Å². The van der Waals surface area contributed by atoms with E-state index in [4.69, 9.17) is 5.73 Å². The van der Waals surface area contributed by atoms with Crippen molar-refractivity contribution in [3.8, 4) is 0 Å². The molecule has 2 aromatic rings. The summed E-state index contributed by atoms with van der Waals surface area (Å²) < 4.78 is 29.1. The van der Waals surface area contributed by atoms with Crippen LogP contribution in [-0.4, -0.2) is 45.7 Å². The van der Waals surface area contributed by atoms with Crippen LogP contribution in [0.2, 0.25) is 0 Å². The third kappa shape index (κ3) is 2.31. The van der Waals surface area contributed by atoms with Crippen molar-refractivity contribution in [1.82, 2.24) is 13.7 Å². The summed E-state index contributed by atoms with van der Waals surface area (Å²) in [6, 6.07) is 5.25. The van der Waals surface area contributed by atoms with E-state index < -0.39 is 10.0 Å². The highest BCUT2D eigenvalue weighted by Gasteiger charge is 2.38. The van der Waals surface area contributed by atoms with E-state index in [2.05, 4.69) is 11.9 Å². The number of aromatic nitrogens is 2. The largest absolute Gasteiger partial charge is 0.381 e. The van der Waals surface area contributed by atoms with Crippen LogP contribution < -0.4 is 5.73 Å². The average molecular weight is 326 g/mol. The summed E-state index contributed by atoms with van der Waals surface area (Å²) in [4.78, 5) is 4.15. The fourth-order valence-electron chi connectivity index (χ4n) is 2.60. The Morgan fingerprint density at radius 3 is 2.90 bits per heavy atom. The van der Waals surface area contributed by atoms with Crippen LogP contribution in [-0.2, 0) is 10.0 Å². The molecule has 0 saturated carbocycles. The van der Waals surface area contributed by atoms with Crippen LogP contribution in [0.1, 0.15) is 13.8 Å². The molecule has 2 unspecified atom stereocenters. The van der Waals surface area contributed by atoms with Gasteiger partial charge >= 0.3 is 0 Å². The van der Waals surface area contributed by atoms with E-state index in [0.717, 1.165) is 5.75 Å². The first-order chi connectivity index (χ1) is 9.93. The van der Waals surface area contributed by atoms with E-state index in [1.54, 1.807) is 44.9 Å².